The fourth-order valence-electron chi connectivity index (χ4n) is 6.42. The second-order valence-corrected chi connectivity index (χ2v) is 12.9. The van der Waals surface area contributed by atoms with Crippen molar-refractivity contribution in [2.75, 3.05) is 20.2 Å². The monoisotopic (exact) mass is 650 g/mol. The number of nitrogens with one attached hydrogen (secondary N) is 1. The molecule has 10 heteroatoms. The van der Waals surface area contributed by atoms with E-state index < -0.39 is 35.5 Å². The molecule has 0 unspecified atom stereocenters. The van der Waals surface area contributed by atoms with Gasteiger partial charge in [0.2, 0.25) is 0 Å². The zero-order chi connectivity index (χ0) is 34.1. The van der Waals surface area contributed by atoms with Crippen molar-refractivity contribution in [3.63, 3.8) is 0 Å². The second kappa shape index (κ2) is 13.4. The van der Waals surface area contributed by atoms with Crippen molar-refractivity contribution in [2.24, 2.45) is 5.41 Å². The lowest BCUT2D eigenvalue weighted by atomic mass is 9.82. The Morgan fingerprint density at radius 3 is 2.26 bits per heavy atom. The van der Waals surface area contributed by atoms with Crippen molar-refractivity contribution in [3.05, 3.63) is 100 Å². The zero-order valence-corrected chi connectivity index (χ0v) is 26.8. The topological polar surface area (TPSA) is 78.9 Å². The largest absolute Gasteiger partial charge is 0.496 e. The Hall–Kier alpha value is -4.44. The van der Waals surface area contributed by atoms with E-state index in [1.807, 2.05) is 0 Å². The van der Waals surface area contributed by atoms with Crippen LogP contribution in [0.5, 0.6) is 5.75 Å². The van der Waals surface area contributed by atoms with Crippen LogP contribution in [-0.2, 0) is 23.9 Å². The highest BCUT2D eigenvalue weighted by Gasteiger charge is 2.39. The van der Waals surface area contributed by atoms with Gasteiger partial charge in [-0.05, 0) is 83.4 Å². The van der Waals surface area contributed by atoms with Crippen molar-refractivity contribution in [2.45, 2.75) is 58.8 Å². The number of carboxylic acids is 1. The standard InChI is InChI=1S/C37H38F4N2O4/c1-22-8-5-13-28(38)31(22)34(44)42-29(35(45)46)20-23-9-6-11-26-25(23)10-7-12-27(26)32-30(47-4)15-14-24(33(32)37(39,40)41)21-43-18-16-36(2,3)17-19-43/h5-15,29H,16-21H2,1-4H3,(H,42,44)(H,45,46)/t29-/m0/s1. The summed E-state index contributed by atoms with van der Waals surface area (Å²) in [6, 6.07) is 15.7. The Morgan fingerprint density at radius 1 is 0.957 bits per heavy atom. The number of methoxy groups -OCH3 is 1. The van der Waals surface area contributed by atoms with E-state index in [4.69, 9.17) is 4.74 Å². The Kier molecular flexibility index (Phi) is 9.63. The van der Waals surface area contributed by atoms with E-state index in [2.05, 4.69) is 24.1 Å². The number of halogens is 4. The number of aryl methyl sites for hydroxylation is 1. The molecule has 6 nitrogen and oxygen atoms in total. The van der Waals surface area contributed by atoms with E-state index in [0.717, 1.165) is 18.9 Å². The van der Waals surface area contributed by atoms with E-state index >= 15 is 13.2 Å². The maximum Gasteiger partial charge on any atom is 0.417 e. The van der Waals surface area contributed by atoms with Crippen molar-refractivity contribution in [3.8, 4) is 16.9 Å². The smallest absolute Gasteiger partial charge is 0.417 e. The molecule has 248 valence electrons. The summed E-state index contributed by atoms with van der Waals surface area (Å²) < 4.78 is 65.1. The number of aliphatic carboxylic acids is 1. The molecular weight excluding hydrogens is 612 g/mol. The predicted molar refractivity (Wildman–Crippen MR) is 173 cm³/mol. The van der Waals surface area contributed by atoms with Gasteiger partial charge in [0, 0.05) is 18.5 Å². The van der Waals surface area contributed by atoms with Crippen LogP contribution in [0.1, 0.15) is 59.3 Å². The van der Waals surface area contributed by atoms with Crippen molar-refractivity contribution < 1.29 is 37.0 Å². The molecule has 1 heterocycles. The number of carboxylic acid groups (broad SMARTS) is 1. The number of hydrogen-bond acceptors (Lipinski definition) is 4. The first-order chi connectivity index (χ1) is 22.2. The minimum absolute atomic E-state index is 0.0645. The summed E-state index contributed by atoms with van der Waals surface area (Å²) in [7, 11) is 1.33. The van der Waals surface area contributed by atoms with Gasteiger partial charge in [-0.3, -0.25) is 9.69 Å². The summed E-state index contributed by atoms with van der Waals surface area (Å²) in [5, 5.41) is 13.4. The quantitative estimate of drug-likeness (QED) is 0.179. The SMILES string of the molecule is COc1ccc(CN2CCC(C)(C)CC2)c(C(F)(F)F)c1-c1cccc2c(C[C@H](NC(=O)c3c(C)cccc3F)C(=O)O)cccc12. The number of nitrogens with zero attached hydrogens (tertiary/aromatic N) is 1. The molecule has 1 saturated heterocycles. The molecule has 47 heavy (non-hydrogen) atoms. The molecule has 4 aromatic rings. The van der Waals surface area contributed by atoms with Crippen molar-refractivity contribution in [1.82, 2.24) is 10.2 Å². The molecule has 2 N–H and O–H groups in total. The summed E-state index contributed by atoms with van der Waals surface area (Å²) in [4.78, 5) is 27.3. The van der Waals surface area contributed by atoms with Gasteiger partial charge in [-0.2, -0.15) is 13.2 Å². The number of hydrogen-bond donors (Lipinski definition) is 2. The summed E-state index contributed by atoms with van der Waals surface area (Å²) in [5.74, 6) is -2.92. The van der Waals surface area contributed by atoms with Crippen LogP contribution in [0.2, 0.25) is 0 Å². The summed E-state index contributed by atoms with van der Waals surface area (Å²) in [6.07, 6.45) is -3.11. The molecule has 0 aromatic heterocycles. The van der Waals surface area contributed by atoms with E-state index in [0.29, 0.717) is 35.0 Å². The Balaban J connectivity index is 1.57. The lowest BCUT2D eigenvalue weighted by Crippen LogP contribution is -2.42. The lowest BCUT2D eigenvalue weighted by Gasteiger charge is -2.37. The third-order valence-electron chi connectivity index (χ3n) is 9.12. The lowest BCUT2D eigenvalue weighted by molar-refractivity contribution is -0.139. The van der Waals surface area contributed by atoms with Crippen molar-refractivity contribution in [1.29, 1.82) is 0 Å². The number of benzene rings is 4. The Bertz CT molecular complexity index is 1790. The fourth-order valence-corrected chi connectivity index (χ4v) is 6.42. The van der Waals surface area contributed by atoms with Gasteiger partial charge in [0.15, 0.2) is 0 Å². The molecule has 0 spiro atoms. The molecule has 1 amide bonds. The number of rotatable bonds is 9. The molecule has 1 atom stereocenters. The molecule has 4 aromatic carbocycles. The molecule has 1 aliphatic rings. The maximum atomic E-state index is 15.0. The zero-order valence-electron chi connectivity index (χ0n) is 26.8. The van der Waals surface area contributed by atoms with E-state index in [9.17, 15) is 19.1 Å². The minimum Gasteiger partial charge on any atom is -0.496 e. The van der Waals surface area contributed by atoms with Gasteiger partial charge in [-0.15, -0.1) is 0 Å². The van der Waals surface area contributed by atoms with Gasteiger partial charge in [-0.25, -0.2) is 9.18 Å². The number of carbonyl (C=O) groups is 2. The number of fused-ring (bicyclic) bond motifs is 1. The summed E-state index contributed by atoms with van der Waals surface area (Å²) >= 11 is 0. The van der Waals surface area contributed by atoms with Crippen LogP contribution in [-0.4, -0.2) is 48.1 Å². The third-order valence-corrected chi connectivity index (χ3v) is 9.12. The Morgan fingerprint density at radius 2 is 1.62 bits per heavy atom. The molecule has 0 saturated carbocycles. The molecular formula is C37H38F4N2O4. The Labute approximate surface area is 271 Å². The highest BCUT2D eigenvalue weighted by atomic mass is 19.4. The minimum atomic E-state index is -4.70. The fraction of sp³-hybridized carbons (Fsp3) is 0.351. The first kappa shape index (κ1) is 33.9. The van der Waals surface area contributed by atoms with Crippen LogP contribution in [0.4, 0.5) is 17.6 Å². The van der Waals surface area contributed by atoms with Crippen LogP contribution in [0.25, 0.3) is 21.9 Å². The molecule has 1 fully saturated rings. The molecule has 0 radical (unpaired) electrons. The summed E-state index contributed by atoms with van der Waals surface area (Å²) in [5.41, 5.74) is 0.314. The molecule has 0 aliphatic carbocycles. The molecule has 5 rings (SSSR count). The van der Waals surface area contributed by atoms with Crippen LogP contribution >= 0.6 is 0 Å². The highest BCUT2D eigenvalue weighted by molar-refractivity contribution is 6.01. The molecule has 0 bridgehead atoms. The number of carbonyl (C=O) groups excluding carboxylic acids is 1. The maximum absolute atomic E-state index is 15.0. The average Bonchev–Trinajstić information content (AvgIpc) is 3.00. The number of alkyl halides is 3. The van der Waals surface area contributed by atoms with E-state index in [1.54, 1.807) is 55.5 Å². The first-order valence-electron chi connectivity index (χ1n) is 15.5. The van der Waals surface area contributed by atoms with E-state index in [1.165, 1.54) is 19.2 Å². The van der Waals surface area contributed by atoms with Crippen molar-refractivity contribution >= 4 is 22.6 Å². The normalized spacial score (nSPS) is 15.7. The van der Waals surface area contributed by atoms with Crippen LogP contribution < -0.4 is 10.1 Å². The van der Waals surface area contributed by atoms with Crippen LogP contribution in [0.15, 0.2) is 66.7 Å². The van der Waals surface area contributed by atoms with Gasteiger partial charge in [0.05, 0.1) is 18.2 Å². The van der Waals surface area contributed by atoms with Gasteiger partial charge < -0.3 is 15.2 Å². The number of piperidine rings is 1. The van der Waals surface area contributed by atoms with Gasteiger partial charge in [-0.1, -0.05) is 68.4 Å². The number of likely N-dealkylation sites (tertiary alicyclic amines) is 1. The second-order valence-electron chi connectivity index (χ2n) is 12.9. The highest BCUT2D eigenvalue weighted by Crippen LogP contribution is 2.47. The van der Waals surface area contributed by atoms with Crippen LogP contribution in [0.3, 0.4) is 0 Å². The third kappa shape index (κ3) is 7.27. The number of ether oxygens (including phenoxy) is 1. The van der Waals surface area contributed by atoms with Gasteiger partial charge >= 0.3 is 12.1 Å². The summed E-state index contributed by atoms with van der Waals surface area (Å²) in [6.45, 7) is 7.41. The number of amides is 1. The van der Waals surface area contributed by atoms with Gasteiger partial charge in [0.1, 0.15) is 17.6 Å². The predicted octanol–water partition coefficient (Wildman–Crippen LogP) is 8.03. The molecule has 1 aliphatic heterocycles. The van der Waals surface area contributed by atoms with E-state index in [-0.39, 0.29) is 46.4 Å². The average molecular weight is 651 g/mol. The first-order valence-corrected chi connectivity index (χ1v) is 15.5. The van der Waals surface area contributed by atoms with Gasteiger partial charge in [0.25, 0.3) is 5.91 Å². The van der Waals surface area contributed by atoms with Crippen LogP contribution in [0, 0.1) is 18.2 Å².